The number of piperidine rings is 1. The summed E-state index contributed by atoms with van der Waals surface area (Å²) in [5.74, 6) is 1.79. The van der Waals surface area contributed by atoms with Gasteiger partial charge in [-0.1, -0.05) is 0 Å². The fourth-order valence-corrected chi connectivity index (χ4v) is 3.81. The van der Waals surface area contributed by atoms with Crippen LogP contribution < -0.4 is 5.32 Å². The fourth-order valence-electron chi connectivity index (χ4n) is 3.81. The Bertz CT molecular complexity index is 265. The molecule has 18 heavy (non-hydrogen) atoms. The van der Waals surface area contributed by atoms with Gasteiger partial charge in [-0.2, -0.15) is 0 Å². The van der Waals surface area contributed by atoms with Crippen LogP contribution in [0, 0.1) is 11.8 Å². The molecule has 2 aliphatic heterocycles. The molecule has 3 heteroatoms. The van der Waals surface area contributed by atoms with Crippen molar-refractivity contribution in [2.75, 3.05) is 33.4 Å². The summed E-state index contributed by atoms with van der Waals surface area (Å²) in [5, 5.41) is 3.65. The monoisotopic (exact) mass is 254 g/mol. The third-order valence-electron chi connectivity index (χ3n) is 4.90. The molecule has 1 N–H and O–H groups in total. The lowest BCUT2D eigenvalue weighted by Gasteiger charge is -2.41. The molecule has 0 aromatic rings. The zero-order valence-electron chi connectivity index (χ0n) is 12.5. The van der Waals surface area contributed by atoms with Crippen molar-refractivity contribution >= 4 is 0 Å². The quantitative estimate of drug-likeness (QED) is 0.832. The van der Waals surface area contributed by atoms with Crippen LogP contribution in [0.5, 0.6) is 0 Å². The highest BCUT2D eigenvalue weighted by Crippen LogP contribution is 2.35. The first-order valence-corrected chi connectivity index (χ1v) is 7.52. The van der Waals surface area contributed by atoms with E-state index in [0.29, 0.717) is 6.04 Å². The van der Waals surface area contributed by atoms with E-state index in [0.717, 1.165) is 25.0 Å². The average Bonchev–Trinajstić information content (AvgIpc) is 2.78. The summed E-state index contributed by atoms with van der Waals surface area (Å²) < 4.78 is 5.38. The number of nitrogens with one attached hydrogen (secondary N) is 1. The van der Waals surface area contributed by atoms with Crippen molar-refractivity contribution in [3.05, 3.63) is 0 Å². The Morgan fingerprint density at radius 3 is 2.72 bits per heavy atom. The van der Waals surface area contributed by atoms with Gasteiger partial charge >= 0.3 is 0 Å². The highest BCUT2D eigenvalue weighted by atomic mass is 16.5. The molecule has 0 aliphatic carbocycles. The maximum Gasteiger partial charge on any atom is 0.0641 e. The van der Waals surface area contributed by atoms with Crippen molar-refractivity contribution in [3.63, 3.8) is 0 Å². The van der Waals surface area contributed by atoms with Gasteiger partial charge in [-0.25, -0.2) is 0 Å². The number of nitrogens with zero attached hydrogens (tertiary/aromatic N) is 1. The first-order valence-electron chi connectivity index (χ1n) is 7.52. The molecule has 0 aromatic heterocycles. The molecule has 3 atom stereocenters. The topological polar surface area (TPSA) is 24.5 Å². The summed E-state index contributed by atoms with van der Waals surface area (Å²) >= 11 is 0. The Kier molecular flexibility index (Phi) is 4.68. The van der Waals surface area contributed by atoms with Crippen LogP contribution in [0.3, 0.4) is 0 Å². The molecule has 2 aliphatic rings. The van der Waals surface area contributed by atoms with E-state index >= 15 is 0 Å². The second kappa shape index (κ2) is 5.89. The molecule has 0 amide bonds. The largest absolute Gasteiger partial charge is 0.383 e. The summed E-state index contributed by atoms with van der Waals surface area (Å²) in [6.45, 7) is 11.6. The normalized spacial score (nSPS) is 38.5. The molecular weight excluding hydrogens is 224 g/mol. The van der Waals surface area contributed by atoms with Gasteiger partial charge in [-0.15, -0.1) is 0 Å². The maximum absolute atomic E-state index is 5.38. The lowest BCUT2D eigenvalue weighted by molar-refractivity contribution is 0.0687. The van der Waals surface area contributed by atoms with Gasteiger partial charge in [-0.3, -0.25) is 0 Å². The van der Waals surface area contributed by atoms with E-state index in [-0.39, 0.29) is 5.54 Å². The molecule has 0 bridgehead atoms. The Balaban J connectivity index is 1.90. The van der Waals surface area contributed by atoms with Gasteiger partial charge in [0.25, 0.3) is 0 Å². The van der Waals surface area contributed by atoms with E-state index in [2.05, 4.69) is 31.0 Å². The molecule has 2 fully saturated rings. The zero-order chi connectivity index (χ0) is 13.2. The van der Waals surface area contributed by atoms with Gasteiger partial charge in [0, 0.05) is 25.2 Å². The summed E-state index contributed by atoms with van der Waals surface area (Å²) in [5.41, 5.74) is 0.197. The van der Waals surface area contributed by atoms with Gasteiger partial charge in [0.1, 0.15) is 0 Å². The van der Waals surface area contributed by atoms with Crippen molar-refractivity contribution in [2.45, 2.75) is 51.6 Å². The Hall–Kier alpha value is -0.120. The molecule has 0 spiro atoms. The number of hydrogen-bond acceptors (Lipinski definition) is 3. The molecule has 0 aromatic carbocycles. The van der Waals surface area contributed by atoms with Gasteiger partial charge in [0.05, 0.1) is 6.61 Å². The minimum Gasteiger partial charge on any atom is -0.383 e. The van der Waals surface area contributed by atoms with E-state index < -0.39 is 0 Å². The Morgan fingerprint density at radius 2 is 2.11 bits per heavy atom. The average molecular weight is 254 g/mol. The number of rotatable bonds is 4. The SMILES string of the molecule is COCC1(C)CC(C2CCN(C(C)C)C2)CCN1. The molecule has 3 nitrogen and oxygen atoms in total. The Morgan fingerprint density at radius 1 is 1.33 bits per heavy atom. The van der Waals surface area contributed by atoms with E-state index in [4.69, 9.17) is 4.74 Å². The molecular formula is C15H30N2O. The van der Waals surface area contributed by atoms with E-state index in [1.54, 1.807) is 0 Å². The molecule has 2 saturated heterocycles. The Labute approximate surface area is 112 Å². The second-order valence-corrected chi connectivity index (χ2v) is 6.81. The van der Waals surface area contributed by atoms with Crippen LogP contribution in [-0.4, -0.2) is 49.8 Å². The number of hydrogen-bond donors (Lipinski definition) is 1. The van der Waals surface area contributed by atoms with Crippen molar-refractivity contribution in [1.29, 1.82) is 0 Å². The van der Waals surface area contributed by atoms with Crippen LogP contribution in [-0.2, 0) is 4.74 Å². The van der Waals surface area contributed by atoms with Crippen LogP contribution in [0.15, 0.2) is 0 Å². The van der Waals surface area contributed by atoms with Gasteiger partial charge in [0.15, 0.2) is 0 Å². The first-order chi connectivity index (χ1) is 8.54. The van der Waals surface area contributed by atoms with Crippen LogP contribution in [0.25, 0.3) is 0 Å². The van der Waals surface area contributed by atoms with Crippen LogP contribution in [0.4, 0.5) is 0 Å². The third-order valence-corrected chi connectivity index (χ3v) is 4.90. The summed E-state index contributed by atoms with van der Waals surface area (Å²) in [4.78, 5) is 2.64. The van der Waals surface area contributed by atoms with Gasteiger partial charge in [-0.05, 0) is 65.0 Å². The summed E-state index contributed by atoms with van der Waals surface area (Å²) in [7, 11) is 1.81. The smallest absolute Gasteiger partial charge is 0.0641 e. The molecule has 0 saturated carbocycles. The number of likely N-dealkylation sites (tertiary alicyclic amines) is 1. The fraction of sp³-hybridized carbons (Fsp3) is 1.00. The molecule has 2 rings (SSSR count). The maximum atomic E-state index is 5.38. The lowest BCUT2D eigenvalue weighted by atomic mass is 9.76. The highest BCUT2D eigenvalue weighted by Gasteiger charge is 2.38. The third kappa shape index (κ3) is 3.25. The second-order valence-electron chi connectivity index (χ2n) is 6.81. The minimum atomic E-state index is 0.197. The molecule has 0 radical (unpaired) electrons. The summed E-state index contributed by atoms with van der Waals surface area (Å²) in [6.07, 6.45) is 4.01. The van der Waals surface area contributed by atoms with Gasteiger partial charge in [0.2, 0.25) is 0 Å². The first kappa shape index (κ1) is 14.3. The molecule has 106 valence electrons. The highest BCUT2D eigenvalue weighted by molar-refractivity contribution is 4.94. The van der Waals surface area contributed by atoms with Crippen LogP contribution in [0.1, 0.15) is 40.0 Å². The predicted octanol–water partition coefficient (Wildman–Crippen LogP) is 2.12. The zero-order valence-corrected chi connectivity index (χ0v) is 12.5. The summed E-state index contributed by atoms with van der Waals surface area (Å²) in [6, 6.07) is 0.710. The van der Waals surface area contributed by atoms with Crippen molar-refractivity contribution < 1.29 is 4.74 Å². The standard InChI is InChI=1S/C15H30N2O/c1-12(2)17-8-6-14(10-17)13-5-7-16-15(3,9-13)11-18-4/h12-14,16H,5-11H2,1-4H3. The predicted molar refractivity (Wildman–Crippen MR) is 75.8 cm³/mol. The van der Waals surface area contributed by atoms with Crippen molar-refractivity contribution in [3.8, 4) is 0 Å². The van der Waals surface area contributed by atoms with E-state index in [9.17, 15) is 0 Å². The minimum absolute atomic E-state index is 0.197. The number of ether oxygens (including phenoxy) is 1. The molecule has 3 unspecified atom stereocenters. The van der Waals surface area contributed by atoms with Crippen molar-refractivity contribution in [1.82, 2.24) is 10.2 Å². The van der Waals surface area contributed by atoms with Gasteiger partial charge < -0.3 is 15.0 Å². The molecule has 2 heterocycles. The van der Waals surface area contributed by atoms with Crippen LogP contribution >= 0.6 is 0 Å². The van der Waals surface area contributed by atoms with E-state index in [1.807, 2.05) is 7.11 Å². The van der Waals surface area contributed by atoms with E-state index in [1.165, 1.54) is 32.4 Å². The van der Waals surface area contributed by atoms with Crippen LogP contribution in [0.2, 0.25) is 0 Å². The number of methoxy groups -OCH3 is 1. The van der Waals surface area contributed by atoms with Crippen molar-refractivity contribution in [2.24, 2.45) is 11.8 Å². The lowest BCUT2D eigenvalue weighted by Crippen LogP contribution is -2.53.